The number of carbonyl (C=O) groups is 1. The molecule has 4 rings (SSSR count). The second kappa shape index (κ2) is 6.07. The van der Waals surface area contributed by atoms with Crippen LogP contribution < -0.4 is 5.32 Å². The zero-order valence-corrected chi connectivity index (χ0v) is 14.5. The van der Waals surface area contributed by atoms with Gasteiger partial charge in [0, 0.05) is 11.9 Å². The van der Waals surface area contributed by atoms with Gasteiger partial charge in [-0.15, -0.1) is 0 Å². The third kappa shape index (κ3) is 2.81. The van der Waals surface area contributed by atoms with Gasteiger partial charge in [-0.05, 0) is 45.0 Å². The highest BCUT2D eigenvalue weighted by Gasteiger charge is 2.12. The minimum Gasteiger partial charge on any atom is -0.336 e. The van der Waals surface area contributed by atoms with E-state index in [2.05, 4.69) is 25.5 Å². The molecule has 8 nitrogen and oxygen atoms in total. The van der Waals surface area contributed by atoms with Crippen LogP contribution in [0, 0.1) is 20.8 Å². The Morgan fingerprint density at radius 2 is 1.96 bits per heavy atom. The summed E-state index contributed by atoms with van der Waals surface area (Å²) in [6.07, 6.45) is 3.06. The monoisotopic (exact) mass is 348 g/mol. The molecule has 4 heterocycles. The van der Waals surface area contributed by atoms with Crippen molar-refractivity contribution in [1.29, 1.82) is 0 Å². The molecule has 0 aliphatic heterocycles. The number of carbonyl (C=O) groups excluding carboxylic acids is 1. The minimum atomic E-state index is -0.277. The Morgan fingerprint density at radius 1 is 1.12 bits per heavy atom. The van der Waals surface area contributed by atoms with Gasteiger partial charge >= 0.3 is 0 Å². The summed E-state index contributed by atoms with van der Waals surface area (Å²) in [5.74, 6) is 0.414. The van der Waals surface area contributed by atoms with Crippen LogP contribution >= 0.6 is 0 Å². The number of nitrogens with zero attached hydrogens (tertiary/aromatic N) is 5. The largest absolute Gasteiger partial charge is 0.336 e. The van der Waals surface area contributed by atoms with Gasteiger partial charge in [0.25, 0.3) is 11.6 Å². The summed E-state index contributed by atoms with van der Waals surface area (Å²) < 4.78 is 6.81. The number of fused-ring (bicyclic) bond motifs is 1. The SMILES string of the molecule is Cc1cc(C)n(-c2ccc(NC(=O)c3cnc4onc(C)c4c3)cn2)n1. The van der Waals surface area contributed by atoms with Gasteiger partial charge in [-0.3, -0.25) is 4.79 Å². The second-order valence-electron chi connectivity index (χ2n) is 6.04. The fourth-order valence-corrected chi connectivity index (χ4v) is 2.72. The van der Waals surface area contributed by atoms with Gasteiger partial charge in [0.2, 0.25) is 0 Å². The summed E-state index contributed by atoms with van der Waals surface area (Å²) in [7, 11) is 0. The molecule has 0 saturated carbocycles. The maximum Gasteiger partial charge on any atom is 0.257 e. The summed E-state index contributed by atoms with van der Waals surface area (Å²) in [4.78, 5) is 20.9. The first kappa shape index (κ1) is 15.9. The molecule has 1 N–H and O–H groups in total. The molecule has 0 aliphatic rings. The van der Waals surface area contributed by atoms with Crippen LogP contribution in [0.3, 0.4) is 0 Å². The van der Waals surface area contributed by atoms with E-state index in [4.69, 9.17) is 4.52 Å². The van der Waals surface area contributed by atoms with Crippen LogP contribution in [-0.2, 0) is 0 Å². The van der Waals surface area contributed by atoms with Crippen molar-refractivity contribution in [1.82, 2.24) is 24.9 Å². The predicted octanol–water partition coefficient (Wildman–Crippen LogP) is 2.98. The Kier molecular flexibility index (Phi) is 3.72. The van der Waals surface area contributed by atoms with Crippen LogP contribution in [0.4, 0.5) is 5.69 Å². The van der Waals surface area contributed by atoms with Gasteiger partial charge in [0.05, 0.1) is 34.2 Å². The first-order valence-corrected chi connectivity index (χ1v) is 8.04. The molecule has 1 amide bonds. The number of pyridine rings is 2. The lowest BCUT2D eigenvalue weighted by molar-refractivity contribution is 0.102. The molecule has 0 aliphatic carbocycles. The van der Waals surface area contributed by atoms with E-state index in [1.807, 2.05) is 19.9 Å². The molecule has 4 aromatic rings. The zero-order chi connectivity index (χ0) is 18.3. The van der Waals surface area contributed by atoms with E-state index in [1.54, 1.807) is 36.0 Å². The normalized spacial score (nSPS) is 11.0. The molecule has 0 radical (unpaired) electrons. The highest BCUT2D eigenvalue weighted by molar-refractivity contribution is 6.05. The maximum absolute atomic E-state index is 12.5. The first-order valence-electron chi connectivity index (χ1n) is 8.04. The highest BCUT2D eigenvalue weighted by atomic mass is 16.5. The molecule has 4 aromatic heterocycles. The summed E-state index contributed by atoms with van der Waals surface area (Å²) >= 11 is 0. The molecule has 0 saturated heterocycles. The summed E-state index contributed by atoms with van der Waals surface area (Å²) in [5, 5.41) is 11.8. The van der Waals surface area contributed by atoms with E-state index in [1.165, 1.54) is 6.20 Å². The molecular weight excluding hydrogens is 332 g/mol. The van der Waals surface area contributed by atoms with Gasteiger partial charge < -0.3 is 9.84 Å². The second-order valence-corrected chi connectivity index (χ2v) is 6.04. The summed E-state index contributed by atoms with van der Waals surface area (Å²) in [6, 6.07) is 7.28. The average Bonchev–Trinajstić information content (AvgIpc) is 3.17. The Labute approximate surface area is 148 Å². The van der Waals surface area contributed by atoms with Crippen molar-refractivity contribution in [3.63, 3.8) is 0 Å². The number of rotatable bonds is 3. The zero-order valence-electron chi connectivity index (χ0n) is 14.5. The number of hydrogen-bond donors (Lipinski definition) is 1. The molecular formula is C18H16N6O2. The van der Waals surface area contributed by atoms with Crippen LogP contribution in [0.5, 0.6) is 0 Å². The predicted molar refractivity (Wildman–Crippen MR) is 95.3 cm³/mol. The van der Waals surface area contributed by atoms with Crippen molar-refractivity contribution in [3.05, 3.63) is 59.3 Å². The minimum absolute atomic E-state index is 0.277. The van der Waals surface area contributed by atoms with Gasteiger partial charge in [0.15, 0.2) is 5.82 Å². The van der Waals surface area contributed by atoms with Crippen LogP contribution in [-0.4, -0.2) is 30.8 Å². The van der Waals surface area contributed by atoms with Gasteiger partial charge in [-0.1, -0.05) is 5.16 Å². The standard InChI is InChI=1S/C18H16N6O2/c1-10-6-11(2)24(22-10)16-5-4-14(9-19-16)21-17(25)13-7-15-12(3)23-26-18(15)20-8-13/h4-9H,1-3H3,(H,21,25). The number of anilines is 1. The molecule has 26 heavy (non-hydrogen) atoms. The molecule has 0 unspecified atom stereocenters. The van der Waals surface area contributed by atoms with Crippen molar-refractivity contribution in [2.45, 2.75) is 20.8 Å². The lowest BCUT2D eigenvalue weighted by atomic mass is 10.2. The van der Waals surface area contributed by atoms with E-state index in [-0.39, 0.29) is 5.91 Å². The van der Waals surface area contributed by atoms with Crippen molar-refractivity contribution in [2.24, 2.45) is 0 Å². The quantitative estimate of drug-likeness (QED) is 0.611. The maximum atomic E-state index is 12.5. The molecule has 8 heteroatoms. The van der Waals surface area contributed by atoms with E-state index >= 15 is 0 Å². The van der Waals surface area contributed by atoms with E-state index < -0.39 is 0 Å². The summed E-state index contributed by atoms with van der Waals surface area (Å²) in [6.45, 7) is 5.70. The van der Waals surface area contributed by atoms with Crippen molar-refractivity contribution in [2.75, 3.05) is 5.32 Å². The van der Waals surface area contributed by atoms with Crippen LogP contribution in [0.2, 0.25) is 0 Å². The fraction of sp³-hybridized carbons (Fsp3) is 0.167. The van der Waals surface area contributed by atoms with Crippen LogP contribution in [0.1, 0.15) is 27.4 Å². The van der Waals surface area contributed by atoms with E-state index in [9.17, 15) is 4.79 Å². The third-order valence-electron chi connectivity index (χ3n) is 4.00. The Morgan fingerprint density at radius 3 is 2.65 bits per heavy atom. The third-order valence-corrected chi connectivity index (χ3v) is 4.00. The summed E-state index contributed by atoms with van der Waals surface area (Å²) in [5.41, 5.74) is 4.03. The lowest BCUT2D eigenvalue weighted by Gasteiger charge is -2.07. The first-order chi connectivity index (χ1) is 12.5. The number of aromatic nitrogens is 5. The Balaban J connectivity index is 1.55. The van der Waals surface area contributed by atoms with Crippen LogP contribution in [0.15, 0.2) is 41.2 Å². The van der Waals surface area contributed by atoms with E-state index in [0.717, 1.165) is 16.8 Å². The molecule has 0 aromatic carbocycles. The molecule has 0 spiro atoms. The highest BCUT2D eigenvalue weighted by Crippen LogP contribution is 2.18. The van der Waals surface area contributed by atoms with Crippen molar-refractivity contribution >= 4 is 22.7 Å². The van der Waals surface area contributed by atoms with Gasteiger partial charge in [-0.2, -0.15) is 5.10 Å². The number of aryl methyl sites for hydroxylation is 3. The number of hydrogen-bond acceptors (Lipinski definition) is 6. The number of amides is 1. The van der Waals surface area contributed by atoms with Crippen molar-refractivity contribution < 1.29 is 9.32 Å². The smallest absolute Gasteiger partial charge is 0.257 e. The topological polar surface area (TPSA) is 98.7 Å². The van der Waals surface area contributed by atoms with Gasteiger partial charge in [0.1, 0.15) is 0 Å². The van der Waals surface area contributed by atoms with Gasteiger partial charge in [-0.25, -0.2) is 14.6 Å². The van der Waals surface area contributed by atoms with Crippen molar-refractivity contribution in [3.8, 4) is 5.82 Å². The molecule has 0 atom stereocenters. The Bertz CT molecular complexity index is 1110. The lowest BCUT2D eigenvalue weighted by Crippen LogP contribution is -2.12. The molecule has 0 bridgehead atoms. The average molecular weight is 348 g/mol. The molecule has 130 valence electrons. The number of nitrogens with one attached hydrogen (secondary N) is 1. The Hall–Kier alpha value is -3.55. The fourth-order valence-electron chi connectivity index (χ4n) is 2.72. The van der Waals surface area contributed by atoms with Crippen LogP contribution in [0.25, 0.3) is 16.9 Å². The van der Waals surface area contributed by atoms with E-state index in [0.29, 0.717) is 28.5 Å². The molecule has 0 fully saturated rings.